The lowest BCUT2D eigenvalue weighted by atomic mass is 9.90. The summed E-state index contributed by atoms with van der Waals surface area (Å²) in [6, 6.07) is 1.43. The van der Waals surface area contributed by atoms with E-state index in [9.17, 15) is 4.79 Å². The molecule has 1 aliphatic carbocycles. The Morgan fingerprint density at radius 3 is 2.86 bits per heavy atom. The van der Waals surface area contributed by atoms with E-state index in [1.807, 2.05) is 18.5 Å². The standard InChI is InChI=1S/C10H14N2O2/c1-14-9(13)8(11)10(3-4-10)7-2-5-12-6-7/h2,5-6,8,12H,3-4,11H2,1H3. The molecule has 0 radical (unpaired) electrons. The van der Waals surface area contributed by atoms with Crippen LogP contribution in [0.1, 0.15) is 18.4 Å². The number of esters is 1. The number of H-pyrrole nitrogens is 1. The average molecular weight is 194 g/mol. The van der Waals surface area contributed by atoms with Gasteiger partial charge >= 0.3 is 5.97 Å². The molecule has 1 aromatic rings. The fourth-order valence-corrected chi connectivity index (χ4v) is 1.90. The first kappa shape index (κ1) is 9.27. The normalized spacial score (nSPS) is 20.1. The SMILES string of the molecule is COC(=O)C(N)C1(c2cc[nH]c2)CC1. The molecule has 1 saturated carbocycles. The van der Waals surface area contributed by atoms with E-state index >= 15 is 0 Å². The zero-order chi connectivity index (χ0) is 10.2. The minimum Gasteiger partial charge on any atom is -0.468 e. The summed E-state index contributed by atoms with van der Waals surface area (Å²) in [6.45, 7) is 0. The Bertz CT molecular complexity index is 328. The molecule has 3 N–H and O–H groups in total. The van der Waals surface area contributed by atoms with Gasteiger partial charge in [0.25, 0.3) is 0 Å². The topological polar surface area (TPSA) is 68.1 Å². The molecular weight excluding hydrogens is 180 g/mol. The van der Waals surface area contributed by atoms with E-state index in [1.165, 1.54) is 7.11 Å². The van der Waals surface area contributed by atoms with Crippen molar-refractivity contribution in [2.75, 3.05) is 7.11 Å². The van der Waals surface area contributed by atoms with Gasteiger partial charge in [-0.25, -0.2) is 0 Å². The van der Waals surface area contributed by atoms with Gasteiger partial charge in [0.15, 0.2) is 0 Å². The Morgan fingerprint density at radius 2 is 2.43 bits per heavy atom. The van der Waals surface area contributed by atoms with Crippen LogP contribution < -0.4 is 5.73 Å². The molecule has 1 fully saturated rings. The third kappa shape index (κ3) is 1.23. The van der Waals surface area contributed by atoms with Gasteiger partial charge in [-0.3, -0.25) is 4.79 Å². The lowest BCUT2D eigenvalue weighted by Gasteiger charge is -2.19. The predicted octanol–water partition coefficient (Wildman–Crippen LogP) is 0.547. The third-order valence-corrected chi connectivity index (χ3v) is 3.01. The molecule has 0 saturated heterocycles. The Balaban J connectivity index is 2.21. The number of nitrogens with one attached hydrogen (secondary N) is 1. The van der Waals surface area contributed by atoms with Gasteiger partial charge in [0.05, 0.1) is 7.11 Å². The molecule has 0 amide bonds. The van der Waals surface area contributed by atoms with Crippen LogP contribution in [0.5, 0.6) is 0 Å². The number of ether oxygens (including phenoxy) is 1. The Hall–Kier alpha value is -1.29. The first-order valence-corrected chi connectivity index (χ1v) is 4.67. The maximum Gasteiger partial charge on any atom is 0.323 e. The summed E-state index contributed by atoms with van der Waals surface area (Å²) >= 11 is 0. The summed E-state index contributed by atoms with van der Waals surface area (Å²) in [5.41, 5.74) is 6.80. The highest BCUT2D eigenvalue weighted by Gasteiger charge is 2.52. The Kier molecular flexibility index (Phi) is 2.07. The molecule has 1 aromatic heterocycles. The maximum atomic E-state index is 11.3. The lowest BCUT2D eigenvalue weighted by Crippen LogP contribution is -2.42. The van der Waals surface area contributed by atoms with Crippen LogP contribution in [-0.4, -0.2) is 24.1 Å². The van der Waals surface area contributed by atoms with Gasteiger partial charge in [0.1, 0.15) is 6.04 Å². The minimum atomic E-state index is -0.539. The van der Waals surface area contributed by atoms with E-state index in [0.29, 0.717) is 0 Å². The second-order valence-corrected chi connectivity index (χ2v) is 3.76. The second-order valence-electron chi connectivity index (χ2n) is 3.76. The molecule has 1 unspecified atom stereocenters. The number of carbonyl (C=O) groups is 1. The molecule has 0 bridgehead atoms. The van der Waals surface area contributed by atoms with Crippen molar-refractivity contribution in [3.05, 3.63) is 24.0 Å². The van der Waals surface area contributed by atoms with Crippen molar-refractivity contribution in [2.24, 2.45) is 5.73 Å². The number of hydrogen-bond acceptors (Lipinski definition) is 3. The quantitative estimate of drug-likeness (QED) is 0.690. The maximum absolute atomic E-state index is 11.3. The number of carbonyl (C=O) groups excluding carboxylic acids is 1. The van der Waals surface area contributed by atoms with Gasteiger partial charge in [0.2, 0.25) is 0 Å². The summed E-state index contributed by atoms with van der Waals surface area (Å²) < 4.78 is 4.66. The number of nitrogens with two attached hydrogens (primary N) is 1. The van der Waals surface area contributed by atoms with E-state index in [1.54, 1.807) is 0 Å². The van der Waals surface area contributed by atoms with Crippen LogP contribution in [0.3, 0.4) is 0 Å². The van der Waals surface area contributed by atoms with Crippen molar-refractivity contribution in [2.45, 2.75) is 24.3 Å². The van der Waals surface area contributed by atoms with Crippen molar-refractivity contribution >= 4 is 5.97 Å². The number of methoxy groups -OCH3 is 1. The zero-order valence-corrected chi connectivity index (χ0v) is 8.12. The fourth-order valence-electron chi connectivity index (χ4n) is 1.90. The summed E-state index contributed by atoms with van der Waals surface area (Å²) in [5.74, 6) is -0.330. The molecule has 14 heavy (non-hydrogen) atoms. The summed E-state index contributed by atoms with van der Waals surface area (Å²) in [5, 5.41) is 0. The molecule has 0 aliphatic heterocycles. The summed E-state index contributed by atoms with van der Waals surface area (Å²) in [6.07, 6.45) is 5.66. The van der Waals surface area contributed by atoms with E-state index in [2.05, 4.69) is 9.72 Å². The van der Waals surface area contributed by atoms with Gasteiger partial charge in [-0.15, -0.1) is 0 Å². The van der Waals surface area contributed by atoms with Gasteiger partial charge in [-0.05, 0) is 24.5 Å². The molecule has 1 aliphatic rings. The second kappa shape index (κ2) is 3.13. The van der Waals surface area contributed by atoms with E-state index in [4.69, 9.17) is 5.73 Å². The molecule has 76 valence electrons. The highest BCUT2D eigenvalue weighted by Crippen LogP contribution is 2.50. The van der Waals surface area contributed by atoms with Crippen molar-refractivity contribution in [1.29, 1.82) is 0 Å². The van der Waals surface area contributed by atoms with E-state index in [-0.39, 0.29) is 11.4 Å². The number of aromatic amines is 1. The van der Waals surface area contributed by atoms with Crippen LogP contribution >= 0.6 is 0 Å². The third-order valence-electron chi connectivity index (χ3n) is 3.01. The Labute approximate surface area is 82.4 Å². The molecule has 0 aromatic carbocycles. The first-order chi connectivity index (χ1) is 6.70. The van der Waals surface area contributed by atoms with Crippen LogP contribution in [0, 0.1) is 0 Å². The average Bonchev–Trinajstić information content (AvgIpc) is 2.84. The molecule has 4 nitrogen and oxygen atoms in total. The fraction of sp³-hybridized carbons (Fsp3) is 0.500. The van der Waals surface area contributed by atoms with Crippen LogP contribution in [0.25, 0.3) is 0 Å². The van der Waals surface area contributed by atoms with Crippen molar-refractivity contribution in [1.82, 2.24) is 4.98 Å². The van der Waals surface area contributed by atoms with Gasteiger partial charge < -0.3 is 15.5 Å². The molecule has 1 atom stereocenters. The highest BCUT2D eigenvalue weighted by molar-refractivity contribution is 5.78. The molecule has 0 spiro atoms. The van der Waals surface area contributed by atoms with Gasteiger partial charge in [0, 0.05) is 17.8 Å². The molecule has 2 rings (SSSR count). The van der Waals surface area contributed by atoms with E-state index in [0.717, 1.165) is 18.4 Å². The summed E-state index contributed by atoms with van der Waals surface area (Å²) in [7, 11) is 1.37. The lowest BCUT2D eigenvalue weighted by molar-refractivity contribution is -0.143. The Morgan fingerprint density at radius 1 is 1.71 bits per heavy atom. The van der Waals surface area contributed by atoms with Crippen LogP contribution in [0.2, 0.25) is 0 Å². The van der Waals surface area contributed by atoms with Crippen LogP contribution in [-0.2, 0) is 14.9 Å². The summed E-state index contributed by atoms with van der Waals surface area (Å²) in [4.78, 5) is 14.3. The minimum absolute atomic E-state index is 0.174. The zero-order valence-electron chi connectivity index (χ0n) is 8.12. The predicted molar refractivity (Wildman–Crippen MR) is 51.7 cm³/mol. The number of rotatable bonds is 3. The first-order valence-electron chi connectivity index (χ1n) is 4.67. The smallest absolute Gasteiger partial charge is 0.323 e. The van der Waals surface area contributed by atoms with Crippen molar-refractivity contribution in [3.63, 3.8) is 0 Å². The number of hydrogen-bond donors (Lipinski definition) is 2. The van der Waals surface area contributed by atoms with Gasteiger partial charge in [-0.1, -0.05) is 0 Å². The largest absolute Gasteiger partial charge is 0.468 e. The van der Waals surface area contributed by atoms with Gasteiger partial charge in [-0.2, -0.15) is 0 Å². The molecule has 4 heteroatoms. The number of aromatic nitrogens is 1. The van der Waals surface area contributed by atoms with Crippen molar-refractivity contribution in [3.8, 4) is 0 Å². The monoisotopic (exact) mass is 194 g/mol. The molecule has 1 heterocycles. The highest BCUT2D eigenvalue weighted by atomic mass is 16.5. The van der Waals surface area contributed by atoms with E-state index < -0.39 is 6.04 Å². The van der Waals surface area contributed by atoms with Crippen molar-refractivity contribution < 1.29 is 9.53 Å². The van der Waals surface area contributed by atoms with Crippen LogP contribution in [0.4, 0.5) is 0 Å². The van der Waals surface area contributed by atoms with Crippen LogP contribution in [0.15, 0.2) is 18.5 Å². The molecular formula is C10H14N2O2.